The van der Waals surface area contributed by atoms with Crippen molar-refractivity contribution < 1.29 is 19.1 Å². The molecule has 2 aromatic carbocycles. The van der Waals surface area contributed by atoms with Crippen LogP contribution in [0.2, 0.25) is 0 Å². The second-order valence-corrected chi connectivity index (χ2v) is 7.28. The molecule has 0 radical (unpaired) electrons. The summed E-state index contributed by atoms with van der Waals surface area (Å²) >= 11 is 0. The molecule has 2 N–H and O–H groups in total. The molecule has 2 amide bonds. The summed E-state index contributed by atoms with van der Waals surface area (Å²) in [5.41, 5.74) is 7.26. The minimum atomic E-state index is -0.438. The highest BCUT2D eigenvalue weighted by molar-refractivity contribution is 5.95. The lowest BCUT2D eigenvalue weighted by molar-refractivity contribution is -0.123. The number of hydrogen-bond donors (Lipinski definition) is 2. The molecule has 0 heterocycles. The van der Waals surface area contributed by atoms with Gasteiger partial charge in [-0.1, -0.05) is 44.7 Å². The fourth-order valence-corrected chi connectivity index (χ4v) is 2.86. The van der Waals surface area contributed by atoms with Crippen molar-refractivity contribution >= 4 is 11.8 Å². The van der Waals surface area contributed by atoms with E-state index in [2.05, 4.69) is 17.8 Å². The number of carbonyl (C=O) groups is 2. The van der Waals surface area contributed by atoms with Gasteiger partial charge in [-0.2, -0.15) is 0 Å². The van der Waals surface area contributed by atoms with Gasteiger partial charge >= 0.3 is 0 Å². The minimum Gasteiger partial charge on any atom is -0.494 e. The van der Waals surface area contributed by atoms with E-state index in [0.717, 1.165) is 23.3 Å². The summed E-state index contributed by atoms with van der Waals surface area (Å²) in [6.07, 6.45) is 5.92. The number of aryl methyl sites for hydroxylation is 1. The summed E-state index contributed by atoms with van der Waals surface area (Å²) in [6.45, 7) is 6.59. The molecular weight excluding hydrogens is 380 g/mol. The molecule has 0 atom stereocenters. The fourth-order valence-electron chi connectivity index (χ4n) is 2.86. The van der Waals surface area contributed by atoms with Gasteiger partial charge in [0.05, 0.1) is 6.61 Å². The molecule has 0 unspecified atom stereocenters. The van der Waals surface area contributed by atoms with Crippen LogP contribution in [0.15, 0.2) is 42.5 Å². The Hall–Kier alpha value is -3.02. The van der Waals surface area contributed by atoms with Crippen LogP contribution in [0.1, 0.15) is 60.5 Å². The monoisotopic (exact) mass is 412 g/mol. The molecule has 6 heteroatoms. The van der Waals surface area contributed by atoms with Crippen LogP contribution in [0.4, 0.5) is 0 Å². The Bertz CT molecular complexity index is 818. The van der Waals surface area contributed by atoms with Crippen molar-refractivity contribution in [1.29, 1.82) is 0 Å². The first-order valence-electron chi connectivity index (χ1n) is 10.5. The van der Waals surface area contributed by atoms with Crippen LogP contribution in [0, 0.1) is 13.8 Å². The number of rotatable bonds is 11. The van der Waals surface area contributed by atoms with Crippen LogP contribution in [0.25, 0.3) is 0 Å². The first kappa shape index (κ1) is 23.3. The fraction of sp³-hybridized carbons (Fsp3) is 0.417. The summed E-state index contributed by atoms with van der Waals surface area (Å²) in [7, 11) is 0. The molecule has 0 aromatic heterocycles. The lowest BCUT2D eigenvalue weighted by Gasteiger charge is -2.12. The van der Waals surface area contributed by atoms with Crippen LogP contribution in [0.3, 0.4) is 0 Å². The van der Waals surface area contributed by atoms with E-state index in [1.54, 1.807) is 24.3 Å². The van der Waals surface area contributed by atoms with E-state index < -0.39 is 11.8 Å². The third-order valence-corrected chi connectivity index (χ3v) is 4.86. The zero-order chi connectivity index (χ0) is 21.8. The predicted octanol–water partition coefficient (Wildman–Crippen LogP) is 4.49. The highest BCUT2D eigenvalue weighted by Gasteiger charge is 2.09. The van der Waals surface area contributed by atoms with Crippen molar-refractivity contribution in [2.45, 2.75) is 52.9 Å². The molecule has 0 aliphatic heterocycles. The van der Waals surface area contributed by atoms with E-state index >= 15 is 0 Å². The summed E-state index contributed by atoms with van der Waals surface area (Å²) in [5, 5.41) is 0. The third-order valence-electron chi connectivity index (χ3n) is 4.86. The van der Waals surface area contributed by atoms with Crippen LogP contribution in [-0.2, 0) is 4.79 Å². The smallest absolute Gasteiger partial charge is 0.276 e. The van der Waals surface area contributed by atoms with Crippen LogP contribution >= 0.6 is 0 Å². The number of unbranched alkanes of at least 4 members (excludes halogenated alkanes) is 4. The Morgan fingerprint density at radius 2 is 1.60 bits per heavy atom. The van der Waals surface area contributed by atoms with Gasteiger partial charge in [0.1, 0.15) is 11.5 Å². The normalized spacial score (nSPS) is 10.4. The van der Waals surface area contributed by atoms with Crippen molar-refractivity contribution in [3.63, 3.8) is 0 Å². The van der Waals surface area contributed by atoms with E-state index in [0.29, 0.717) is 17.9 Å². The standard InChI is InChI=1S/C24H32N2O4/c1-4-5-6-7-8-16-29-21-14-12-20(13-15-21)24(28)26-25-23(27)17-30-22-11-9-10-18(2)19(22)3/h9-15H,4-8,16-17H2,1-3H3,(H,25,27)(H,26,28). The average molecular weight is 413 g/mol. The van der Waals surface area contributed by atoms with Gasteiger partial charge < -0.3 is 9.47 Å². The average Bonchev–Trinajstić information content (AvgIpc) is 2.76. The van der Waals surface area contributed by atoms with E-state index in [9.17, 15) is 9.59 Å². The van der Waals surface area contributed by atoms with E-state index in [1.807, 2.05) is 32.0 Å². The topological polar surface area (TPSA) is 76.7 Å². The van der Waals surface area contributed by atoms with Crippen LogP contribution in [0.5, 0.6) is 11.5 Å². The highest BCUT2D eigenvalue weighted by Crippen LogP contribution is 2.20. The first-order valence-corrected chi connectivity index (χ1v) is 10.5. The molecule has 0 bridgehead atoms. The minimum absolute atomic E-state index is 0.185. The number of hydrogen-bond acceptors (Lipinski definition) is 4. The van der Waals surface area contributed by atoms with Crippen molar-refractivity contribution in [2.75, 3.05) is 13.2 Å². The Morgan fingerprint density at radius 1 is 0.867 bits per heavy atom. The number of hydrazine groups is 1. The van der Waals surface area contributed by atoms with Gasteiger partial charge in [0.2, 0.25) is 0 Å². The zero-order valence-electron chi connectivity index (χ0n) is 18.1. The molecule has 2 rings (SSSR count). The molecule has 162 valence electrons. The van der Waals surface area contributed by atoms with Crippen molar-refractivity contribution in [1.82, 2.24) is 10.9 Å². The van der Waals surface area contributed by atoms with Crippen molar-refractivity contribution in [3.8, 4) is 11.5 Å². The Balaban J connectivity index is 1.70. The largest absolute Gasteiger partial charge is 0.494 e. The quantitative estimate of drug-likeness (QED) is 0.421. The molecule has 2 aromatic rings. The van der Waals surface area contributed by atoms with Gasteiger partial charge in [-0.05, 0) is 61.7 Å². The summed E-state index contributed by atoms with van der Waals surface area (Å²) in [6, 6.07) is 12.5. The number of carbonyl (C=O) groups excluding carboxylic acids is 2. The summed E-state index contributed by atoms with van der Waals surface area (Å²) in [4.78, 5) is 24.1. The van der Waals surface area contributed by atoms with Gasteiger partial charge in [0.15, 0.2) is 6.61 Å². The van der Waals surface area contributed by atoms with Gasteiger partial charge in [0, 0.05) is 5.56 Å². The zero-order valence-corrected chi connectivity index (χ0v) is 18.1. The molecule has 0 saturated heterocycles. The number of nitrogens with one attached hydrogen (secondary N) is 2. The molecule has 0 saturated carbocycles. The maximum Gasteiger partial charge on any atom is 0.276 e. The van der Waals surface area contributed by atoms with Crippen molar-refractivity contribution in [2.24, 2.45) is 0 Å². The number of ether oxygens (including phenoxy) is 2. The van der Waals surface area contributed by atoms with Gasteiger partial charge in [-0.25, -0.2) is 0 Å². The van der Waals surface area contributed by atoms with Gasteiger partial charge in [-0.15, -0.1) is 0 Å². The maximum atomic E-state index is 12.2. The summed E-state index contributed by atoms with van der Waals surface area (Å²) in [5.74, 6) is 0.541. The molecular formula is C24H32N2O4. The van der Waals surface area contributed by atoms with E-state index in [-0.39, 0.29) is 6.61 Å². The second kappa shape index (κ2) is 12.5. The Kier molecular flexibility index (Phi) is 9.71. The van der Waals surface area contributed by atoms with Crippen LogP contribution < -0.4 is 20.3 Å². The number of benzene rings is 2. The SMILES string of the molecule is CCCCCCCOc1ccc(C(=O)NNC(=O)COc2cccc(C)c2C)cc1. The lowest BCUT2D eigenvalue weighted by atomic mass is 10.1. The molecule has 0 fully saturated rings. The molecule has 30 heavy (non-hydrogen) atoms. The molecule has 0 spiro atoms. The highest BCUT2D eigenvalue weighted by atomic mass is 16.5. The molecule has 6 nitrogen and oxygen atoms in total. The maximum absolute atomic E-state index is 12.2. The van der Waals surface area contributed by atoms with Gasteiger partial charge in [0.25, 0.3) is 11.8 Å². The van der Waals surface area contributed by atoms with Crippen LogP contribution in [-0.4, -0.2) is 25.0 Å². The number of amides is 2. The predicted molar refractivity (Wildman–Crippen MR) is 118 cm³/mol. The summed E-state index contributed by atoms with van der Waals surface area (Å²) < 4.78 is 11.2. The second-order valence-electron chi connectivity index (χ2n) is 7.28. The molecule has 0 aliphatic rings. The molecule has 0 aliphatic carbocycles. The van der Waals surface area contributed by atoms with E-state index in [4.69, 9.17) is 9.47 Å². The third kappa shape index (κ3) is 7.78. The van der Waals surface area contributed by atoms with Crippen molar-refractivity contribution in [3.05, 3.63) is 59.2 Å². The first-order chi connectivity index (χ1) is 14.5. The Morgan fingerprint density at radius 3 is 2.33 bits per heavy atom. The Labute approximate surface area is 178 Å². The van der Waals surface area contributed by atoms with E-state index in [1.165, 1.54) is 25.7 Å². The van der Waals surface area contributed by atoms with Gasteiger partial charge in [-0.3, -0.25) is 20.4 Å². The lowest BCUT2D eigenvalue weighted by Crippen LogP contribution is -2.43.